The van der Waals surface area contributed by atoms with Crippen LogP contribution in [-0.4, -0.2) is 41.1 Å². The zero-order valence-electron chi connectivity index (χ0n) is 18.5. The molecule has 1 aromatic heterocycles. The van der Waals surface area contributed by atoms with Gasteiger partial charge in [-0.3, -0.25) is 14.4 Å². The summed E-state index contributed by atoms with van der Waals surface area (Å²) in [7, 11) is 1.39. The summed E-state index contributed by atoms with van der Waals surface area (Å²) in [4.78, 5) is 36.9. The zero-order chi connectivity index (χ0) is 25.0. The van der Waals surface area contributed by atoms with E-state index in [0.717, 1.165) is 12.1 Å². The molecule has 0 bridgehead atoms. The monoisotopic (exact) mass is 474 g/mol. The molecular formula is C23H21F3N4O4. The average molecular weight is 474 g/mol. The fourth-order valence-electron chi connectivity index (χ4n) is 3.30. The molecule has 0 saturated heterocycles. The van der Waals surface area contributed by atoms with E-state index in [9.17, 15) is 27.6 Å². The number of anilines is 2. The van der Waals surface area contributed by atoms with Crippen molar-refractivity contribution in [1.29, 1.82) is 0 Å². The highest BCUT2D eigenvalue weighted by atomic mass is 19.4. The van der Waals surface area contributed by atoms with E-state index in [4.69, 9.17) is 4.74 Å². The number of alkyl halides is 3. The standard InChI is InChI=1S/C23H21F3N4O4/c1-13-20(14(2)30(29-13)18-6-4-5-15(11-18)23(24,25)26)21(32)22(33)28-17-9-7-16(8-10-17)27-19(31)12-34-3/h4-11H,12H2,1-3H3,(H,27,31)(H,28,33). The Morgan fingerprint density at radius 1 is 1.00 bits per heavy atom. The van der Waals surface area contributed by atoms with Gasteiger partial charge in [0.2, 0.25) is 5.91 Å². The van der Waals surface area contributed by atoms with Crippen LogP contribution in [0.5, 0.6) is 0 Å². The van der Waals surface area contributed by atoms with Gasteiger partial charge in [-0.15, -0.1) is 0 Å². The van der Waals surface area contributed by atoms with Crippen LogP contribution in [0, 0.1) is 13.8 Å². The number of methoxy groups -OCH3 is 1. The van der Waals surface area contributed by atoms with Gasteiger partial charge < -0.3 is 15.4 Å². The third-order valence-corrected chi connectivity index (χ3v) is 4.84. The molecule has 0 atom stereocenters. The maximum absolute atomic E-state index is 13.1. The van der Waals surface area contributed by atoms with Gasteiger partial charge in [-0.2, -0.15) is 18.3 Å². The zero-order valence-corrected chi connectivity index (χ0v) is 18.5. The molecule has 11 heteroatoms. The van der Waals surface area contributed by atoms with Crippen molar-refractivity contribution in [2.45, 2.75) is 20.0 Å². The molecule has 3 aromatic rings. The average Bonchev–Trinajstić information content (AvgIpc) is 3.08. The summed E-state index contributed by atoms with van der Waals surface area (Å²) in [5.41, 5.74) is 0.466. The third kappa shape index (κ3) is 5.49. The predicted molar refractivity (Wildman–Crippen MR) is 118 cm³/mol. The molecule has 2 aromatic carbocycles. The van der Waals surface area contributed by atoms with Gasteiger partial charge in [-0.1, -0.05) is 6.07 Å². The van der Waals surface area contributed by atoms with E-state index in [2.05, 4.69) is 15.7 Å². The van der Waals surface area contributed by atoms with Crippen LogP contribution in [-0.2, 0) is 20.5 Å². The van der Waals surface area contributed by atoms with Gasteiger partial charge in [-0.05, 0) is 56.3 Å². The molecule has 0 aliphatic carbocycles. The van der Waals surface area contributed by atoms with Gasteiger partial charge in [-0.25, -0.2) is 4.68 Å². The molecule has 8 nitrogen and oxygen atoms in total. The van der Waals surface area contributed by atoms with Crippen LogP contribution in [0.25, 0.3) is 5.69 Å². The van der Waals surface area contributed by atoms with Crippen LogP contribution in [0.3, 0.4) is 0 Å². The fourth-order valence-corrected chi connectivity index (χ4v) is 3.30. The third-order valence-electron chi connectivity index (χ3n) is 4.84. The fraction of sp³-hybridized carbons (Fsp3) is 0.217. The minimum atomic E-state index is -4.53. The molecule has 34 heavy (non-hydrogen) atoms. The van der Waals surface area contributed by atoms with E-state index >= 15 is 0 Å². The topological polar surface area (TPSA) is 102 Å². The number of nitrogens with zero attached hydrogens (tertiary/aromatic N) is 2. The molecule has 2 amide bonds. The van der Waals surface area contributed by atoms with Gasteiger partial charge >= 0.3 is 6.18 Å². The van der Waals surface area contributed by atoms with E-state index in [-0.39, 0.29) is 35.2 Å². The lowest BCUT2D eigenvalue weighted by molar-refractivity contribution is -0.137. The number of hydrogen-bond acceptors (Lipinski definition) is 5. The minimum absolute atomic E-state index is 0.00152. The Kier molecular flexibility index (Phi) is 7.16. The first-order valence-electron chi connectivity index (χ1n) is 9.99. The number of carbonyl (C=O) groups excluding carboxylic acids is 3. The first-order chi connectivity index (χ1) is 16.0. The summed E-state index contributed by atoms with van der Waals surface area (Å²) >= 11 is 0. The van der Waals surface area contributed by atoms with Crippen molar-refractivity contribution in [2.24, 2.45) is 0 Å². The van der Waals surface area contributed by atoms with E-state index in [1.54, 1.807) is 0 Å². The number of aryl methyl sites for hydroxylation is 1. The maximum Gasteiger partial charge on any atom is 0.416 e. The Hall–Kier alpha value is -3.99. The number of ether oxygens (including phenoxy) is 1. The van der Waals surface area contributed by atoms with Crippen molar-refractivity contribution >= 4 is 29.0 Å². The van der Waals surface area contributed by atoms with Gasteiger partial charge in [0.15, 0.2) is 0 Å². The lowest BCUT2D eigenvalue weighted by Crippen LogP contribution is -2.24. The molecule has 0 unspecified atom stereocenters. The highest BCUT2D eigenvalue weighted by Crippen LogP contribution is 2.31. The number of ketones is 1. The maximum atomic E-state index is 13.1. The van der Waals surface area contributed by atoms with Crippen molar-refractivity contribution in [2.75, 3.05) is 24.4 Å². The SMILES string of the molecule is COCC(=O)Nc1ccc(NC(=O)C(=O)c2c(C)nn(-c3cccc(C(F)(F)F)c3)c2C)cc1. The Balaban J connectivity index is 1.78. The second-order valence-corrected chi connectivity index (χ2v) is 7.35. The molecule has 2 N–H and O–H groups in total. The normalized spacial score (nSPS) is 11.2. The number of amides is 2. The molecule has 0 fully saturated rings. The largest absolute Gasteiger partial charge is 0.416 e. The molecule has 1 heterocycles. The highest BCUT2D eigenvalue weighted by Gasteiger charge is 2.31. The van der Waals surface area contributed by atoms with E-state index in [1.807, 2.05) is 0 Å². The quantitative estimate of drug-likeness (QED) is 0.399. The van der Waals surface area contributed by atoms with Crippen LogP contribution < -0.4 is 10.6 Å². The summed E-state index contributed by atoms with van der Waals surface area (Å²) in [6.45, 7) is 2.88. The number of benzene rings is 2. The van der Waals surface area contributed by atoms with Crippen LogP contribution in [0.1, 0.15) is 27.3 Å². The number of rotatable bonds is 7. The van der Waals surface area contributed by atoms with Crippen LogP contribution >= 0.6 is 0 Å². The molecule has 0 saturated carbocycles. The van der Waals surface area contributed by atoms with Crippen LogP contribution in [0.15, 0.2) is 48.5 Å². The Labute approximate surface area is 192 Å². The molecule has 3 rings (SSSR count). The summed E-state index contributed by atoms with van der Waals surface area (Å²) in [5, 5.41) is 9.23. The number of carbonyl (C=O) groups is 3. The Morgan fingerprint density at radius 2 is 1.62 bits per heavy atom. The first-order valence-corrected chi connectivity index (χ1v) is 9.99. The van der Waals surface area contributed by atoms with Crippen LogP contribution in [0.2, 0.25) is 0 Å². The lowest BCUT2D eigenvalue weighted by Gasteiger charge is -2.10. The highest BCUT2D eigenvalue weighted by molar-refractivity contribution is 6.47. The van der Waals surface area contributed by atoms with E-state index in [0.29, 0.717) is 11.4 Å². The van der Waals surface area contributed by atoms with E-state index < -0.39 is 23.4 Å². The number of Topliss-reactive ketones (excluding diaryl/α,β-unsaturated/α-hetero) is 1. The van der Waals surface area contributed by atoms with E-state index in [1.165, 1.54) is 62.0 Å². The minimum Gasteiger partial charge on any atom is -0.375 e. The predicted octanol–water partition coefficient (Wildman–Crippen LogP) is 3.91. The van der Waals surface area contributed by atoms with Crippen LogP contribution in [0.4, 0.5) is 24.5 Å². The van der Waals surface area contributed by atoms with Gasteiger partial charge in [0, 0.05) is 18.5 Å². The molecule has 0 spiro atoms. The number of aromatic nitrogens is 2. The van der Waals surface area contributed by atoms with Crippen molar-refractivity contribution in [1.82, 2.24) is 9.78 Å². The number of nitrogens with one attached hydrogen (secondary N) is 2. The van der Waals surface area contributed by atoms with Crippen molar-refractivity contribution in [3.05, 3.63) is 71.0 Å². The summed E-state index contributed by atoms with van der Waals surface area (Å²) < 4.78 is 45.1. The Morgan fingerprint density at radius 3 is 2.21 bits per heavy atom. The second-order valence-electron chi connectivity index (χ2n) is 7.35. The summed E-state index contributed by atoms with van der Waals surface area (Å²) in [6, 6.07) is 10.6. The lowest BCUT2D eigenvalue weighted by atomic mass is 10.1. The molecule has 178 valence electrons. The molecular weight excluding hydrogens is 453 g/mol. The number of hydrogen-bond donors (Lipinski definition) is 2. The smallest absolute Gasteiger partial charge is 0.375 e. The second kappa shape index (κ2) is 9.87. The number of halogens is 3. The van der Waals surface area contributed by atoms with Crippen molar-refractivity contribution in [3.8, 4) is 5.69 Å². The molecule has 0 aliphatic heterocycles. The summed E-state index contributed by atoms with van der Waals surface area (Å²) in [6.07, 6.45) is -4.53. The van der Waals surface area contributed by atoms with Gasteiger partial charge in [0.25, 0.3) is 11.7 Å². The molecule has 0 radical (unpaired) electrons. The molecule has 0 aliphatic rings. The Bertz CT molecular complexity index is 1230. The van der Waals surface area contributed by atoms with Crippen molar-refractivity contribution < 1.29 is 32.3 Å². The van der Waals surface area contributed by atoms with Gasteiger partial charge in [0.1, 0.15) is 6.61 Å². The van der Waals surface area contributed by atoms with Crippen molar-refractivity contribution in [3.63, 3.8) is 0 Å². The first kappa shape index (κ1) is 24.6. The van der Waals surface area contributed by atoms with Gasteiger partial charge in [0.05, 0.1) is 28.2 Å². The summed E-state index contributed by atoms with van der Waals surface area (Å²) in [5.74, 6) is -2.17.